The number of nitrogens with one attached hydrogen (secondary N) is 2. The molecule has 2 rings (SSSR count). The van der Waals surface area contributed by atoms with Crippen molar-refractivity contribution in [1.82, 2.24) is 15.6 Å². The lowest BCUT2D eigenvalue weighted by molar-refractivity contribution is -0.118. The van der Waals surface area contributed by atoms with Crippen molar-refractivity contribution in [3.8, 4) is 0 Å². The van der Waals surface area contributed by atoms with E-state index in [1.54, 1.807) is 11.8 Å². The first-order valence-corrected chi connectivity index (χ1v) is 8.84. The topological polar surface area (TPSA) is 91.3 Å². The number of amides is 1. The van der Waals surface area contributed by atoms with Crippen molar-refractivity contribution < 1.29 is 14.7 Å². The lowest BCUT2D eigenvalue weighted by atomic mass is 10.2. The highest BCUT2D eigenvalue weighted by Crippen LogP contribution is 2.19. The van der Waals surface area contributed by atoms with E-state index in [2.05, 4.69) is 15.6 Å². The molecular formula is C13H19N3O3S2. The van der Waals surface area contributed by atoms with Gasteiger partial charge >= 0.3 is 5.97 Å². The number of carboxylic acid groups (broad SMARTS) is 1. The number of rotatable bonds is 7. The monoisotopic (exact) mass is 329 g/mol. The predicted octanol–water partition coefficient (Wildman–Crippen LogP) is 0.985. The fourth-order valence-electron chi connectivity index (χ4n) is 2.04. The first-order chi connectivity index (χ1) is 10.1. The van der Waals surface area contributed by atoms with Crippen molar-refractivity contribution in [2.24, 2.45) is 0 Å². The number of piperidine rings is 1. The van der Waals surface area contributed by atoms with Crippen molar-refractivity contribution >= 4 is 35.0 Å². The van der Waals surface area contributed by atoms with Crippen LogP contribution in [0.15, 0.2) is 5.38 Å². The third-order valence-electron chi connectivity index (χ3n) is 3.17. The summed E-state index contributed by atoms with van der Waals surface area (Å²) in [5.74, 6) is -0.489. The van der Waals surface area contributed by atoms with E-state index in [-0.39, 0.29) is 11.6 Å². The standard InChI is InChI=1S/C13H19N3O3S2/c17-11(8-20-9-1-4-14-5-2-9)15-6-3-12-16-10(7-21-12)13(18)19/h7,9,14H,1-6,8H2,(H,15,17)(H,18,19). The Kier molecular flexibility index (Phi) is 6.47. The molecule has 0 aliphatic carbocycles. The van der Waals surface area contributed by atoms with Gasteiger partial charge in [-0.2, -0.15) is 0 Å². The third kappa shape index (κ3) is 5.64. The number of aromatic nitrogens is 1. The summed E-state index contributed by atoms with van der Waals surface area (Å²) in [5, 5.41) is 17.8. The lowest BCUT2D eigenvalue weighted by Crippen LogP contribution is -2.32. The summed E-state index contributed by atoms with van der Waals surface area (Å²) in [4.78, 5) is 26.4. The quantitative estimate of drug-likeness (QED) is 0.691. The number of carbonyl (C=O) groups is 2. The molecule has 1 amide bonds. The molecule has 0 atom stereocenters. The van der Waals surface area contributed by atoms with Gasteiger partial charge in [0, 0.05) is 23.6 Å². The maximum absolute atomic E-state index is 11.7. The minimum Gasteiger partial charge on any atom is -0.476 e. The van der Waals surface area contributed by atoms with Gasteiger partial charge in [-0.15, -0.1) is 23.1 Å². The molecule has 1 saturated heterocycles. The van der Waals surface area contributed by atoms with E-state index in [0.29, 0.717) is 24.0 Å². The Balaban J connectivity index is 1.61. The molecule has 3 N–H and O–H groups in total. The van der Waals surface area contributed by atoms with Gasteiger partial charge in [0.25, 0.3) is 0 Å². The summed E-state index contributed by atoms with van der Waals surface area (Å²) in [6.07, 6.45) is 2.81. The van der Waals surface area contributed by atoms with Gasteiger partial charge in [-0.25, -0.2) is 9.78 Å². The fourth-order valence-corrected chi connectivity index (χ4v) is 3.87. The van der Waals surface area contributed by atoms with E-state index in [9.17, 15) is 9.59 Å². The maximum Gasteiger partial charge on any atom is 0.355 e. The highest BCUT2D eigenvalue weighted by Gasteiger charge is 2.15. The molecule has 0 bridgehead atoms. The van der Waals surface area contributed by atoms with Gasteiger partial charge in [-0.1, -0.05) is 0 Å². The minimum absolute atomic E-state index is 0.0357. The average molecular weight is 329 g/mol. The molecule has 0 radical (unpaired) electrons. The minimum atomic E-state index is -1.01. The summed E-state index contributed by atoms with van der Waals surface area (Å²) in [5.41, 5.74) is 0.0720. The second-order valence-electron chi connectivity index (χ2n) is 4.79. The van der Waals surface area contributed by atoms with E-state index in [1.165, 1.54) is 16.7 Å². The SMILES string of the molecule is O=C(CSC1CCNCC1)NCCc1nc(C(=O)O)cs1. The number of nitrogens with zero attached hydrogens (tertiary/aromatic N) is 1. The number of thiazole rings is 1. The largest absolute Gasteiger partial charge is 0.476 e. The molecule has 1 aliphatic heterocycles. The Bertz CT molecular complexity index is 487. The molecule has 1 aromatic rings. The Morgan fingerprint density at radius 3 is 2.90 bits per heavy atom. The molecule has 1 aromatic heterocycles. The first-order valence-electron chi connectivity index (χ1n) is 6.92. The first kappa shape index (κ1) is 16.3. The molecule has 116 valence electrons. The molecule has 1 fully saturated rings. The van der Waals surface area contributed by atoms with Gasteiger partial charge in [0.15, 0.2) is 5.69 Å². The second kappa shape index (κ2) is 8.35. The van der Waals surface area contributed by atoms with Crippen LogP contribution >= 0.6 is 23.1 Å². The van der Waals surface area contributed by atoms with Crippen LogP contribution in [0.2, 0.25) is 0 Å². The molecule has 8 heteroatoms. The summed E-state index contributed by atoms with van der Waals surface area (Å²) < 4.78 is 0. The molecule has 21 heavy (non-hydrogen) atoms. The van der Waals surface area contributed by atoms with Crippen molar-refractivity contribution in [1.29, 1.82) is 0 Å². The molecular weight excluding hydrogens is 310 g/mol. The van der Waals surface area contributed by atoms with Gasteiger partial charge in [0.05, 0.1) is 10.8 Å². The molecule has 6 nitrogen and oxygen atoms in total. The van der Waals surface area contributed by atoms with Gasteiger partial charge in [-0.05, 0) is 25.9 Å². The molecule has 0 spiro atoms. The zero-order valence-electron chi connectivity index (χ0n) is 11.6. The van der Waals surface area contributed by atoms with Crippen LogP contribution in [0.5, 0.6) is 0 Å². The average Bonchev–Trinajstić information content (AvgIpc) is 2.95. The summed E-state index contributed by atoms with van der Waals surface area (Å²) in [6.45, 7) is 2.57. The number of aromatic carboxylic acids is 1. The smallest absolute Gasteiger partial charge is 0.355 e. The molecule has 1 aliphatic rings. The number of thioether (sulfide) groups is 1. The van der Waals surface area contributed by atoms with Crippen molar-refractivity contribution in [2.75, 3.05) is 25.4 Å². The summed E-state index contributed by atoms with van der Waals surface area (Å²) in [6, 6.07) is 0. The Morgan fingerprint density at radius 1 is 1.48 bits per heavy atom. The van der Waals surface area contributed by atoms with E-state index >= 15 is 0 Å². The number of carboxylic acids is 1. The zero-order valence-corrected chi connectivity index (χ0v) is 13.3. The highest BCUT2D eigenvalue weighted by atomic mass is 32.2. The molecule has 0 saturated carbocycles. The van der Waals surface area contributed by atoms with Gasteiger partial charge in [0.2, 0.25) is 5.91 Å². The number of hydrogen-bond donors (Lipinski definition) is 3. The Labute approximate surface area is 131 Å². The van der Waals surface area contributed by atoms with Crippen LogP contribution in [0, 0.1) is 0 Å². The Morgan fingerprint density at radius 2 is 2.24 bits per heavy atom. The fraction of sp³-hybridized carbons (Fsp3) is 0.615. The van der Waals surface area contributed by atoms with Gasteiger partial charge in [-0.3, -0.25) is 4.79 Å². The summed E-state index contributed by atoms with van der Waals surface area (Å²) in [7, 11) is 0. The van der Waals surface area contributed by atoms with Crippen LogP contribution in [-0.2, 0) is 11.2 Å². The zero-order chi connectivity index (χ0) is 15.1. The van der Waals surface area contributed by atoms with Crippen molar-refractivity contribution in [3.05, 3.63) is 16.1 Å². The number of carbonyl (C=O) groups excluding carboxylic acids is 1. The van der Waals surface area contributed by atoms with Crippen LogP contribution in [0.1, 0.15) is 28.3 Å². The van der Waals surface area contributed by atoms with Crippen LogP contribution in [0.3, 0.4) is 0 Å². The number of hydrogen-bond acceptors (Lipinski definition) is 6. The van der Waals surface area contributed by atoms with E-state index in [4.69, 9.17) is 5.11 Å². The molecule has 0 aromatic carbocycles. The predicted molar refractivity (Wildman–Crippen MR) is 84.1 cm³/mol. The van der Waals surface area contributed by atoms with Crippen LogP contribution in [0.25, 0.3) is 0 Å². The van der Waals surface area contributed by atoms with Gasteiger partial charge < -0.3 is 15.7 Å². The molecule has 2 heterocycles. The maximum atomic E-state index is 11.7. The second-order valence-corrected chi connectivity index (χ2v) is 7.02. The van der Waals surface area contributed by atoms with Gasteiger partial charge in [0.1, 0.15) is 0 Å². The molecule has 0 unspecified atom stereocenters. The lowest BCUT2D eigenvalue weighted by Gasteiger charge is -2.21. The van der Waals surface area contributed by atoms with Crippen LogP contribution in [-0.4, -0.2) is 52.6 Å². The Hall–Kier alpha value is -1.12. The van der Waals surface area contributed by atoms with Crippen LogP contribution in [0.4, 0.5) is 0 Å². The highest BCUT2D eigenvalue weighted by molar-refractivity contribution is 8.00. The van der Waals surface area contributed by atoms with E-state index in [0.717, 1.165) is 30.9 Å². The third-order valence-corrected chi connectivity index (χ3v) is 5.45. The van der Waals surface area contributed by atoms with E-state index < -0.39 is 5.97 Å². The normalized spacial score (nSPS) is 15.8. The van der Waals surface area contributed by atoms with Crippen molar-refractivity contribution in [2.45, 2.75) is 24.5 Å². The van der Waals surface area contributed by atoms with E-state index in [1.807, 2.05) is 0 Å². The van der Waals surface area contributed by atoms with Crippen LogP contribution < -0.4 is 10.6 Å². The summed E-state index contributed by atoms with van der Waals surface area (Å²) >= 11 is 3.03. The van der Waals surface area contributed by atoms with Crippen molar-refractivity contribution in [3.63, 3.8) is 0 Å².